The summed E-state index contributed by atoms with van der Waals surface area (Å²) < 4.78 is 6.11. The van der Waals surface area contributed by atoms with Crippen LogP contribution in [0.1, 0.15) is 80.1 Å². The van der Waals surface area contributed by atoms with Crippen LogP contribution < -0.4 is 11.1 Å². The van der Waals surface area contributed by atoms with Crippen LogP contribution in [0.2, 0.25) is 0 Å². The molecule has 1 aliphatic carbocycles. The first kappa shape index (κ1) is 28.2. The summed E-state index contributed by atoms with van der Waals surface area (Å²) in [4.78, 5) is 48.0. The van der Waals surface area contributed by atoms with Crippen LogP contribution >= 0.6 is 0 Å². The standard InChI is InChI=1S/C31H38N4O4/c1-20(2)19-25-28(39-31(35-25)23-13-16-33-17-14-23)27(36)24(21-9-5-3-6-10-21)15-18-34-30(38)26(29(32)37)22-11-7-4-8-12-22/h3,5-6,9-10,13-14,16-17,20,22,24,26H,4,7-8,11-12,15,18-19H2,1-2H3,(H2,32,37)(H,34,38). The van der Waals surface area contributed by atoms with Gasteiger partial charge in [0.15, 0.2) is 5.76 Å². The molecule has 1 aliphatic rings. The maximum atomic E-state index is 14.0. The number of hydrogen-bond acceptors (Lipinski definition) is 6. The quantitative estimate of drug-likeness (QED) is 0.248. The molecule has 3 aromatic rings. The van der Waals surface area contributed by atoms with E-state index < -0.39 is 17.7 Å². The molecule has 0 bridgehead atoms. The number of hydrogen-bond donors (Lipinski definition) is 2. The van der Waals surface area contributed by atoms with E-state index in [2.05, 4.69) is 29.1 Å². The SMILES string of the molecule is CC(C)Cc1nc(-c2ccncc2)oc1C(=O)C(CCNC(=O)C(C(N)=O)C1CCCCC1)c1ccccc1. The van der Waals surface area contributed by atoms with Gasteiger partial charge in [-0.2, -0.15) is 0 Å². The average Bonchev–Trinajstić information content (AvgIpc) is 3.35. The van der Waals surface area contributed by atoms with Gasteiger partial charge >= 0.3 is 0 Å². The number of nitrogens with one attached hydrogen (secondary N) is 1. The maximum Gasteiger partial charge on any atom is 0.232 e. The fourth-order valence-corrected chi connectivity index (χ4v) is 5.47. The molecule has 8 nitrogen and oxygen atoms in total. The lowest BCUT2D eigenvalue weighted by Gasteiger charge is -2.27. The first-order valence-electron chi connectivity index (χ1n) is 13.9. The number of benzene rings is 1. The predicted molar refractivity (Wildman–Crippen MR) is 149 cm³/mol. The van der Waals surface area contributed by atoms with E-state index in [0.717, 1.165) is 43.2 Å². The Labute approximate surface area is 229 Å². The molecule has 0 radical (unpaired) electrons. The summed E-state index contributed by atoms with van der Waals surface area (Å²) in [6.07, 6.45) is 9.04. The van der Waals surface area contributed by atoms with Crippen LogP contribution in [0.15, 0.2) is 59.3 Å². The molecule has 8 heteroatoms. The summed E-state index contributed by atoms with van der Waals surface area (Å²) >= 11 is 0. The van der Waals surface area contributed by atoms with Crippen molar-refractivity contribution < 1.29 is 18.8 Å². The Hall–Kier alpha value is -3.81. The monoisotopic (exact) mass is 530 g/mol. The molecular weight excluding hydrogens is 492 g/mol. The number of nitrogens with zero attached hydrogens (tertiary/aromatic N) is 2. The van der Waals surface area contributed by atoms with Gasteiger partial charge < -0.3 is 15.5 Å². The van der Waals surface area contributed by atoms with E-state index in [1.54, 1.807) is 24.5 Å². The largest absolute Gasteiger partial charge is 0.433 e. The average molecular weight is 531 g/mol. The molecule has 0 spiro atoms. The van der Waals surface area contributed by atoms with E-state index in [1.807, 2.05) is 30.3 Å². The van der Waals surface area contributed by atoms with Crippen LogP contribution in [0.4, 0.5) is 0 Å². The minimum absolute atomic E-state index is 0.0257. The number of ketones is 1. The summed E-state index contributed by atoms with van der Waals surface area (Å²) in [7, 11) is 0. The molecule has 2 unspecified atom stereocenters. The van der Waals surface area contributed by atoms with E-state index in [1.165, 1.54) is 0 Å². The number of Topliss-reactive ketones (excluding diaryl/α,β-unsaturated/α-hetero) is 1. The minimum atomic E-state index is -0.842. The second-order valence-corrected chi connectivity index (χ2v) is 10.8. The van der Waals surface area contributed by atoms with Gasteiger partial charge in [-0.3, -0.25) is 19.4 Å². The van der Waals surface area contributed by atoms with Crippen molar-refractivity contribution >= 4 is 17.6 Å². The Bertz CT molecular complexity index is 1250. The zero-order chi connectivity index (χ0) is 27.8. The van der Waals surface area contributed by atoms with Crippen LogP contribution in [0, 0.1) is 17.8 Å². The molecule has 4 rings (SSSR count). The Morgan fingerprint density at radius 3 is 2.36 bits per heavy atom. The highest BCUT2D eigenvalue weighted by molar-refractivity contribution is 6.01. The first-order chi connectivity index (χ1) is 18.8. The summed E-state index contributed by atoms with van der Waals surface area (Å²) in [5.74, 6) is -1.65. The number of aromatic nitrogens is 2. The van der Waals surface area contributed by atoms with Crippen LogP contribution in [0.3, 0.4) is 0 Å². The van der Waals surface area contributed by atoms with E-state index in [4.69, 9.17) is 10.2 Å². The minimum Gasteiger partial charge on any atom is -0.433 e. The Kier molecular flexibility index (Phi) is 9.63. The van der Waals surface area contributed by atoms with Crippen LogP contribution in [0.5, 0.6) is 0 Å². The van der Waals surface area contributed by atoms with Crippen molar-refractivity contribution in [2.45, 2.75) is 64.7 Å². The molecule has 1 fully saturated rings. The van der Waals surface area contributed by atoms with Crippen molar-refractivity contribution in [1.29, 1.82) is 0 Å². The molecule has 1 aromatic carbocycles. The summed E-state index contributed by atoms with van der Waals surface area (Å²) in [5.41, 5.74) is 7.84. The lowest BCUT2D eigenvalue weighted by molar-refractivity contribution is -0.136. The fourth-order valence-electron chi connectivity index (χ4n) is 5.47. The fraction of sp³-hybridized carbons (Fsp3) is 0.452. The third-order valence-electron chi connectivity index (χ3n) is 7.41. The van der Waals surface area contributed by atoms with Gasteiger partial charge in [-0.15, -0.1) is 0 Å². The Balaban J connectivity index is 1.56. The van der Waals surface area contributed by atoms with Crippen LogP contribution in [-0.4, -0.2) is 34.1 Å². The number of primary amides is 1. The third-order valence-corrected chi connectivity index (χ3v) is 7.41. The molecule has 1 saturated carbocycles. The van der Waals surface area contributed by atoms with Crippen molar-refractivity contribution in [3.8, 4) is 11.5 Å². The molecule has 2 atom stereocenters. The summed E-state index contributed by atoms with van der Waals surface area (Å²) in [6, 6.07) is 13.1. The molecule has 39 heavy (non-hydrogen) atoms. The van der Waals surface area contributed by atoms with Gasteiger partial charge in [0.1, 0.15) is 5.92 Å². The smallest absolute Gasteiger partial charge is 0.232 e. The summed E-state index contributed by atoms with van der Waals surface area (Å²) in [6.45, 7) is 4.37. The number of rotatable bonds is 12. The van der Waals surface area contributed by atoms with E-state index in [0.29, 0.717) is 24.4 Å². The van der Waals surface area contributed by atoms with E-state index in [9.17, 15) is 14.4 Å². The Morgan fingerprint density at radius 2 is 1.72 bits per heavy atom. The van der Waals surface area contributed by atoms with Gasteiger partial charge in [0, 0.05) is 24.5 Å². The van der Waals surface area contributed by atoms with Crippen LogP contribution in [0.25, 0.3) is 11.5 Å². The number of carbonyl (C=O) groups excluding carboxylic acids is 3. The highest BCUT2D eigenvalue weighted by atomic mass is 16.4. The summed E-state index contributed by atoms with van der Waals surface area (Å²) in [5, 5.41) is 2.90. The van der Waals surface area contributed by atoms with Crippen LogP contribution in [-0.2, 0) is 16.0 Å². The van der Waals surface area contributed by atoms with Gasteiger partial charge in [-0.25, -0.2) is 4.98 Å². The van der Waals surface area contributed by atoms with Gasteiger partial charge in [0.25, 0.3) is 0 Å². The number of oxazole rings is 1. The zero-order valence-corrected chi connectivity index (χ0v) is 22.8. The molecule has 2 heterocycles. The van der Waals surface area contributed by atoms with E-state index in [-0.39, 0.29) is 35.8 Å². The molecule has 206 valence electrons. The van der Waals surface area contributed by atoms with Crippen molar-refractivity contribution in [2.24, 2.45) is 23.5 Å². The van der Waals surface area contributed by atoms with Crippen molar-refractivity contribution in [3.05, 3.63) is 71.9 Å². The molecule has 0 saturated heterocycles. The van der Waals surface area contributed by atoms with Crippen molar-refractivity contribution in [3.63, 3.8) is 0 Å². The number of pyridine rings is 1. The predicted octanol–water partition coefficient (Wildman–Crippen LogP) is 5.09. The second-order valence-electron chi connectivity index (χ2n) is 10.8. The molecular formula is C31H38N4O4. The number of carbonyl (C=O) groups is 3. The van der Waals surface area contributed by atoms with Crippen molar-refractivity contribution in [2.75, 3.05) is 6.54 Å². The Morgan fingerprint density at radius 1 is 1.03 bits per heavy atom. The highest BCUT2D eigenvalue weighted by Gasteiger charge is 2.34. The molecule has 3 N–H and O–H groups in total. The topological polar surface area (TPSA) is 128 Å². The van der Waals surface area contributed by atoms with Gasteiger partial charge in [0.2, 0.25) is 23.5 Å². The first-order valence-corrected chi connectivity index (χ1v) is 13.9. The zero-order valence-electron chi connectivity index (χ0n) is 22.8. The molecule has 2 aromatic heterocycles. The maximum absolute atomic E-state index is 14.0. The molecule has 0 aliphatic heterocycles. The van der Waals surface area contributed by atoms with Gasteiger partial charge in [-0.1, -0.05) is 63.4 Å². The second kappa shape index (κ2) is 13.3. The lowest BCUT2D eigenvalue weighted by Crippen LogP contribution is -2.44. The van der Waals surface area contributed by atoms with E-state index >= 15 is 0 Å². The lowest BCUT2D eigenvalue weighted by atomic mass is 9.79. The number of nitrogens with two attached hydrogens (primary N) is 1. The van der Waals surface area contributed by atoms with Gasteiger partial charge in [0.05, 0.1) is 11.6 Å². The normalized spacial score (nSPS) is 15.6. The highest BCUT2D eigenvalue weighted by Crippen LogP contribution is 2.32. The molecule has 2 amide bonds. The van der Waals surface area contributed by atoms with Crippen molar-refractivity contribution in [1.82, 2.24) is 15.3 Å². The number of amides is 2. The third kappa shape index (κ3) is 7.19. The van der Waals surface area contributed by atoms with Gasteiger partial charge in [-0.05, 0) is 55.2 Å².